The fourth-order valence-corrected chi connectivity index (χ4v) is 1.10. The largest absolute Gasteiger partial charge is 0.346 e. The first-order chi connectivity index (χ1) is 5.90. The van der Waals surface area contributed by atoms with E-state index in [2.05, 4.69) is 21.5 Å². The highest BCUT2D eigenvalue weighted by molar-refractivity contribution is 5.50. The quantitative estimate of drug-likeness (QED) is 0.318. The van der Waals surface area contributed by atoms with Crippen molar-refractivity contribution in [3.8, 4) is 0 Å². The molecule has 0 amide bonds. The summed E-state index contributed by atoms with van der Waals surface area (Å²) >= 11 is 0. The maximum absolute atomic E-state index is 10.2. The van der Waals surface area contributed by atoms with Gasteiger partial charge in [0, 0.05) is 0 Å². The highest BCUT2D eigenvalue weighted by Crippen LogP contribution is 1.98. The summed E-state index contributed by atoms with van der Waals surface area (Å²) in [7, 11) is 0. The molecule has 2 rings (SSSR count). The monoisotopic (exact) mass is 170 g/mol. The topological polar surface area (TPSA) is 71.7 Å². The molecule has 0 aromatic rings. The van der Waals surface area contributed by atoms with Crippen LogP contribution in [0.1, 0.15) is 0 Å². The molecule has 0 atom stereocenters. The predicted octanol–water partition coefficient (Wildman–Crippen LogP) is -2.73. The summed E-state index contributed by atoms with van der Waals surface area (Å²) in [5.41, 5.74) is 5.87. The second kappa shape index (κ2) is 3.10. The highest BCUT2D eigenvalue weighted by atomic mass is 16.1. The van der Waals surface area contributed by atoms with Gasteiger partial charge in [0.05, 0.1) is 13.3 Å². The van der Waals surface area contributed by atoms with E-state index in [-0.39, 0.29) is 0 Å². The summed E-state index contributed by atoms with van der Waals surface area (Å²) in [6.45, 7) is 2.00. The van der Waals surface area contributed by atoms with Crippen LogP contribution in [-0.2, 0) is 4.79 Å². The fraction of sp³-hybridized carbons (Fsp3) is 0.600. The molecular weight excluding hydrogens is 160 g/mol. The van der Waals surface area contributed by atoms with Gasteiger partial charge in [0.2, 0.25) is 5.82 Å². The number of hydrogen-bond acceptors (Lipinski definition) is 7. The van der Waals surface area contributed by atoms with Crippen molar-refractivity contribution in [2.45, 2.75) is 0 Å². The molecule has 0 saturated carbocycles. The van der Waals surface area contributed by atoms with Crippen molar-refractivity contribution in [1.82, 2.24) is 31.7 Å². The first-order valence-corrected chi connectivity index (χ1v) is 3.65. The summed E-state index contributed by atoms with van der Waals surface area (Å²) in [5, 5.41) is 9.49. The minimum absolute atomic E-state index is 0.365. The normalized spacial score (nSPS) is 25.2. The lowest BCUT2D eigenvalue weighted by Crippen LogP contribution is -2.50. The molecule has 2 heterocycles. The highest BCUT2D eigenvalue weighted by Gasteiger charge is 2.23. The van der Waals surface area contributed by atoms with E-state index in [9.17, 15) is 4.79 Å². The van der Waals surface area contributed by atoms with E-state index in [1.807, 2.05) is 5.12 Å². The lowest BCUT2D eigenvalue weighted by atomic mass is 10.8. The molecule has 2 aliphatic heterocycles. The maximum atomic E-state index is 10.2. The van der Waals surface area contributed by atoms with Crippen molar-refractivity contribution < 1.29 is 4.79 Å². The smallest absolute Gasteiger partial charge is 0.203 e. The fourth-order valence-electron chi connectivity index (χ4n) is 1.10. The van der Waals surface area contributed by atoms with Gasteiger partial charge in [-0.1, -0.05) is 0 Å². The van der Waals surface area contributed by atoms with Crippen LogP contribution in [-0.4, -0.2) is 36.2 Å². The zero-order valence-electron chi connectivity index (χ0n) is 6.42. The molecule has 0 unspecified atom stereocenters. The third-order valence-electron chi connectivity index (χ3n) is 1.69. The molecule has 0 spiro atoms. The zero-order valence-corrected chi connectivity index (χ0v) is 6.42. The van der Waals surface area contributed by atoms with Gasteiger partial charge in [0.1, 0.15) is 6.67 Å². The third-order valence-corrected chi connectivity index (χ3v) is 1.69. The minimum atomic E-state index is 0.365. The Morgan fingerprint density at radius 1 is 1.33 bits per heavy atom. The lowest BCUT2D eigenvalue weighted by molar-refractivity contribution is -0.0612. The van der Waals surface area contributed by atoms with Crippen molar-refractivity contribution >= 4 is 5.94 Å². The number of hydrazine groups is 3. The molecule has 4 N–H and O–H groups in total. The second-order valence-corrected chi connectivity index (χ2v) is 2.47. The van der Waals surface area contributed by atoms with Gasteiger partial charge in [-0.05, 0) is 0 Å². The Labute approximate surface area is 69.3 Å². The second-order valence-electron chi connectivity index (χ2n) is 2.47. The minimum Gasteiger partial charge on any atom is -0.346 e. The Hall–Kier alpha value is -1.11. The first-order valence-electron chi connectivity index (χ1n) is 3.65. The standard InChI is InChI=1S/C5H10N6O/c12-1-5-7-4-11(9-5)10-3-6-2-8-10/h6-9H,2-4H2. The average molecular weight is 170 g/mol. The number of nitrogens with one attached hydrogen (secondary N) is 4. The first kappa shape index (κ1) is 7.53. The van der Waals surface area contributed by atoms with E-state index >= 15 is 0 Å². The maximum Gasteiger partial charge on any atom is 0.203 e. The van der Waals surface area contributed by atoms with E-state index < -0.39 is 0 Å². The van der Waals surface area contributed by atoms with Crippen LogP contribution in [0.25, 0.3) is 0 Å². The van der Waals surface area contributed by atoms with Crippen molar-refractivity contribution in [3.63, 3.8) is 0 Å². The van der Waals surface area contributed by atoms with Crippen LogP contribution in [0.2, 0.25) is 0 Å². The molecule has 2 aliphatic rings. The van der Waals surface area contributed by atoms with E-state index in [4.69, 9.17) is 0 Å². The van der Waals surface area contributed by atoms with E-state index in [1.165, 1.54) is 0 Å². The van der Waals surface area contributed by atoms with Gasteiger partial charge in [-0.3, -0.25) is 10.7 Å². The van der Waals surface area contributed by atoms with Crippen LogP contribution in [0.4, 0.5) is 0 Å². The average Bonchev–Trinajstić information content (AvgIpc) is 2.75. The van der Waals surface area contributed by atoms with Crippen LogP contribution >= 0.6 is 0 Å². The van der Waals surface area contributed by atoms with Crippen LogP contribution in [0.5, 0.6) is 0 Å². The number of carbonyl (C=O) groups excluding carboxylic acids is 1. The van der Waals surface area contributed by atoms with E-state index in [0.29, 0.717) is 19.2 Å². The van der Waals surface area contributed by atoms with Crippen LogP contribution in [0.15, 0.2) is 5.82 Å². The molecular formula is C5H10N6O. The molecule has 0 bridgehead atoms. The third kappa shape index (κ3) is 1.27. The Morgan fingerprint density at radius 2 is 2.25 bits per heavy atom. The van der Waals surface area contributed by atoms with Gasteiger partial charge in [-0.25, -0.2) is 10.2 Å². The van der Waals surface area contributed by atoms with Crippen molar-refractivity contribution in [2.24, 2.45) is 0 Å². The van der Waals surface area contributed by atoms with Crippen LogP contribution in [0.3, 0.4) is 0 Å². The summed E-state index contributed by atoms with van der Waals surface area (Å²) in [5.74, 6) is 2.11. The van der Waals surface area contributed by atoms with Crippen molar-refractivity contribution in [2.75, 3.05) is 20.0 Å². The SMILES string of the molecule is O=C=C1NCN(N2CNCN2)N1. The van der Waals surface area contributed by atoms with Crippen LogP contribution < -0.4 is 21.5 Å². The molecule has 2 saturated heterocycles. The Morgan fingerprint density at radius 3 is 2.83 bits per heavy atom. The molecule has 66 valence electrons. The summed E-state index contributed by atoms with van der Waals surface area (Å²) in [4.78, 5) is 10.2. The molecule has 2 fully saturated rings. The van der Waals surface area contributed by atoms with E-state index in [0.717, 1.165) is 6.67 Å². The molecule has 12 heavy (non-hydrogen) atoms. The van der Waals surface area contributed by atoms with Gasteiger partial charge in [0.25, 0.3) is 0 Å². The molecule has 0 aliphatic carbocycles. The number of hydrogen-bond donors (Lipinski definition) is 4. The van der Waals surface area contributed by atoms with Gasteiger partial charge < -0.3 is 5.32 Å². The van der Waals surface area contributed by atoms with Gasteiger partial charge in [0.15, 0.2) is 5.94 Å². The Bertz CT molecular complexity index is 218. The van der Waals surface area contributed by atoms with Crippen molar-refractivity contribution in [3.05, 3.63) is 5.82 Å². The number of nitrogens with zero attached hydrogens (tertiary/aromatic N) is 2. The molecule has 0 radical (unpaired) electrons. The van der Waals surface area contributed by atoms with E-state index in [1.54, 1.807) is 11.1 Å². The molecule has 7 heteroatoms. The predicted molar refractivity (Wildman–Crippen MR) is 40.0 cm³/mol. The lowest BCUT2D eigenvalue weighted by Gasteiger charge is -2.23. The molecule has 7 nitrogen and oxygen atoms in total. The van der Waals surface area contributed by atoms with Crippen LogP contribution in [0, 0.1) is 0 Å². The van der Waals surface area contributed by atoms with Gasteiger partial charge >= 0.3 is 0 Å². The summed E-state index contributed by atoms with van der Waals surface area (Å²) in [6.07, 6.45) is 0. The zero-order chi connectivity index (χ0) is 8.39. The van der Waals surface area contributed by atoms with Gasteiger partial charge in [-0.2, -0.15) is 0 Å². The Kier molecular flexibility index (Phi) is 1.94. The summed E-state index contributed by atoms with van der Waals surface area (Å²) < 4.78 is 0. The number of rotatable bonds is 1. The van der Waals surface area contributed by atoms with Gasteiger partial charge in [-0.15, -0.1) is 10.2 Å². The summed E-state index contributed by atoms with van der Waals surface area (Å²) in [6, 6.07) is 0. The van der Waals surface area contributed by atoms with Crippen molar-refractivity contribution in [1.29, 1.82) is 0 Å². The molecule has 0 aromatic heterocycles. The molecule has 0 aromatic carbocycles. The Balaban J connectivity index is 1.94.